The molecule has 0 bridgehead atoms. The van der Waals surface area contributed by atoms with Gasteiger partial charge in [-0.2, -0.15) is 0 Å². The minimum atomic E-state index is -0.567. The van der Waals surface area contributed by atoms with Crippen molar-refractivity contribution in [1.82, 2.24) is 5.32 Å². The average Bonchev–Trinajstić information content (AvgIpc) is 2.52. The third-order valence-electron chi connectivity index (χ3n) is 3.29. The Balaban J connectivity index is 2.09. The van der Waals surface area contributed by atoms with Crippen LogP contribution in [0.4, 0.5) is 11.4 Å². The van der Waals surface area contributed by atoms with E-state index in [4.69, 9.17) is 5.73 Å². The lowest BCUT2D eigenvalue weighted by Crippen LogP contribution is -2.28. The summed E-state index contributed by atoms with van der Waals surface area (Å²) in [7, 11) is 0. The number of benzene rings is 2. The topological polar surface area (TPSA) is 124 Å². The first-order chi connectivity index (χ1) is 11.3. The maximum atomic E-state index is 10.7. The van der Waals surface area contributed by atoms with Crippen molar-refractivity contribution < 1.29 is 9.85 Å². The molecule has 1 atom stereocenters. The van der Waals surface area contributed by atoms with Gasteiger partial charge in [-0.15, -0.1) is 0 Å². The first kappa shape index (κ1) is 18.5. The summed E-state index contributed by atoms with van der Waals surface area (Å²) < 4.78 is 1.12. The lowest BCUT2D eigenvalue weighted by Gasteiger charge is -2.16. The second kappa shape index (κ2) is 7.79. The van der Waals surface area contributed by atoms with Crippen molar-refractivity contribution in [2.75, 3.05) is 0 Å². The number of hydrogen-bond acceptors (Lipinski definition) is 6. The first-order valence-electron chi connectivity index (χ1n) is 6.65. The molecule has 126 valence electrons. The Kier molecular flexibility index (Phi) is 5.99. The van der Waals surface area contributed by atoms with Crippen molar-refractivity contribution in [2.45, 2.75) is 12.7 Å². The summed E-state index contributed by atoms with van der Waals surface area (Å²) in [5.41, 5.74) is 7.49. The van der Waals surface area contributed by atoms with E-state index in [1.54, 1.807) is 12.1 Å². The van der Waals surface area contributed by atoms with Crippen LogP contribution in [0.5, 0.6) is 0 Å². The first-order valence-corrected chi connectivity index (χ1v) is 8.24. The van der Waals surface area contributed by atoms with Crippen LogP contribution in [-0.2, 0) is 6.54 Å². The molecule has 10 heteroatoms. The van der Waals surface area contributed by atoms with E-state index in [0.717, 1.165) is 5.56 Å². The van der Waals surface area contributed by atoms with Gasteiger partial charge in [-0.25, -0.2) is 0 Å². The maximum Gasteiger partial charge on any atom is 0.270 e. The molecule has 0 radical (unpaired) electrons. The molecule has 24 heavy (non-hydrogen) atoms. The second-order valence-corrected chi connectivity index (χ2v) is 6.56. The van der Waals surface area contributed by atoms with Crippen molar-refractivity contribution in [1.29, 1.82) is 0 Å². The molecule has 0 heterocycles. The summed E-state index contributed by atoms with van der Waals surface area (Å²) in [6.45, 7) is 0.364. The highest BCUT2D eigenvalue weighted by atomic mass is 79.9. The van der Waals surface area contributed by atoms with Gasteiger partial charge >= 0.3 is 0 Å². The van der Waals surface area contributed by atoms with E-state index >= 15 is 0 Å². The molecule has 8 nitrogen and oxygen atoms in total. The quantitative estimate of drug-likeness (QED) is 0.384. The van der Waals surface area contributed by atoms with E-state index in [1.165, 1.54) is 24.3 Å². The Morgan fingerprint density at radius 2 is 1.54 bits per heavy atom. The predicted octanol–water partition coefficient (Wildman–Crippen LogP) is 3.78. The van der Waals surface area contributed by atoms with Crippen LogP contribution in [0.15, 0.2) is 45.3 Å². The van der Waals surface area contributed by atoms with Gasteiger partial charge in [0.25, 0.3) is 11.4 Å². The molecule has 3 N–H and O–H groups in total. The van der Waals surface area contributed by atoms with Gasteiger partial charge < -0.3 is 5.73 Å². The van der Waals surface area contributed by atoms with Crippen molar-refractivity contribution in [3.05, 3.63) is 76.7 Å². The molecule has 0 aliphatic heterocycles. The zero-order chi connectivity index (χ0) is 17.9. The van der Waals surface area contributed by atoms with E-state index in [9.17, 15) is 20.2 Å². The van der Waals surface area contributed by atoms with Crippen LogP contribution in [0.3, 0.4) is 0 Å². The minimum Gasteiger partial charge on any atom is -0.312 e. The fourth-order valence-electron chi connectivity index (χ4n) is 2.00. The fraction of sp³-hybridized carbons (Fsp3) is 0.143. The van der Waals surface area contributed by atoms with Crippen LogP contribution in [0.2, 0.25) is 0 Å². The Morgan fingerprint density at radius 1 is 1.00 bits per heavy atom. The minimum absolute atomic E-state index is 0.00645. The van der Waals surface area contributed by atoms with Gasteiger partial charge in [-0.3, -0.25) is 25.5 Å². The molecule has 0 aromatic heterocycles. The number of nitrogens with one attached hydrogen (secondary N) is 1. The normalized spacial score (nSPS) is 12.0. The van der Waals surface area contributed by atoms with Gasteiger partial charge in [0.05, 0.1) is 16.0 Å². The molecular weight excluding hydrogens is 448 g/mol. The third kappa shape index (κ3) is 4.35. The maximum absolute atomic E-state index is 10.7. The number of halogens is 2. The highest BCUT2D eigenvalue weighted by Crippen LogP contribution is 2.27. The SMILES string of the molecule is NC(NCc1ccc([N+](=O)[O-])cc1Br)c1ccc([N+](=O)[O-])cc1Br. The van der Waals surface area contributed by atoms with Crippen molar-refractivity contribution in [3.8, 4) is 0 Å². The largest absolute Gasteiger partial charge is 0.312 e. The Labute approximate surface area is 153 Å². The molecule has 1 unspecified atom stereocenters. The summed E-state index contributed by atoms with van der Waals surface area (Å²) in [5.74, 6) is 0. The number of nitrogens with two attached hydrogens (primary N) is 1. The van der Waals surface area contributed by atoms with Gasteiger partial charge in [0.15, 0.2) is 0 Å². The summed E-state index contributed by atoms with van der Waals surface area (Å²) in [6, 6.07) is 8.80. The second-order valence-electron chi connectivity index (χ2n) is 4.85. The zero-order valence-corrected chi connectivity index (χ0v) is 15.3. The average molecular weight is 460 g/mol. The molecule has 0 fully saturated rings. The van der Waals surface area contributed by atoms with E-state index < -0.39 is 16.0 Å². The number of rotatable bonds is 6. The van der Waals surface area contributed by atoms with Crippen LogP contribution < -0.4 is 11.1 Å². The molecule has 2 rings (SSSR count). The Morgan fingerprint density at radius 3 is 2.04 bits per heavy atom. The van der Waals surface area contributed by atoms with E-state index in [2.05, 4.69) is 37.2 Å². The number of nitro groups is 2. The van der Waals surface area contributed by atoms with Crippen LogP contribution in [0.1, 0.15) is 17.3 Å². The Hall–Kier alpha value is -1.88. The standard InChI is InChI=1S/C14H12Br2N4O4/c15-12-5-9(19(21)22)2-1-8(12)7-18-14(17)11-4-3-10(20(23)24)6-13(11)16/h1-6,14,18H,7,17H2. The molecule has 2 aromatic rings. The van der Waals surface area contributed by atoms with Crippen molar-refractivity contribution in [3.63, 3.8) is 0 Å². The van der Waals surface area contributed by atoms with Crippen LogP contribution >= 0.6 is 31.9 Å². The third-order valence-corrected chi connectivity index (χ3v) is 4.71. The lowest BCUT2D eigenvalue weighted by molar-refractivity contribution is -0.385. The fourth-order valence-corrected chi connectivity index (χ4v) is 3.13. The van der Waals surface area contributed by atoms with Crippen LogP contribution in [0.25, 0.3) is 0 Å². The highest BCUT2D eigenvalue weighted by Gasteiger charge is 2.15. The smallest absolute Gasteiger partial charge is 0.270 e. The molecule has 0 spiro atoms. The molecule has 0 aliphatic rings. The van der Waals surface area contributed by atoms with Gasteiger partial charge in [-0.1, -0.05) is 31.9 Å². The zero-order valence-electron chi connectivity index (χ0n) is 12.1. The highest BCUT2D eigenvalue weighted by molar-refractivity contribution is 9.10. The van der Waals surface area contributed by atoms with E-state index in [-0.39, 0.29) is 11.4 Å². The van der Waals surface area contributed by atoms with Crippen molar-refractivity contribution >= 4 is 43.2 Å². The van der Waals surface area contributed by atoms with E-state index in [1.807, 2.05) is 0 Å². The number of nitro benzene ring substituents is 2. The monoisotopic (exact) mass is 458 g/mol. The molecule has 0 aliphatic carbocycles. The summed E-state index contributed by atoms with van der Waals surface area (Å²) >= 11 is 6.57. The molecule has 2 aromatic carbocycles. The Bertz CT molecular complexity index is 800. The number of hydrogen-bond donors (Lipinski definition) is 2. The number of non-ortho nitro benzene ring substituents is 2. The number of nitrogens with zero attached hydrogens (tertiary/aromatic N) is 2. The van der Waals surface area contributed by atoms with Gasteiger partial charge in [0, 0.05) is 39.8 Å². The molecule has 0 saturated carbocycles. The van der Waals surface area contributed by atoms with Crippen LogP contribution in [0, 0.1) is 20.2 Å². The summed E-state index contributed by atoms with van der Waals surface area (Å²) in [6.07, 6.45) is -0.567. The van der Waals surface area contributed by atoms with Gasteiger partial charge in [0.1, 0.15) is 0 Å². The van der Waals surface area contributed by atoms with Gasteiger partial charge in [0.2, 0.25) is 0 Å². The summed E-state index contributed by atoms with van der Waals surface area (Å²) in [5, 5.41) is 24.5. The predicted molar refractivity (Wildman–Crippen MR) is 95.4 cm³/mol. The molecule has 0 saturated heterocycles. The summed E-state index contributed by atoms with van der Waals surface area (Å²) in [4.78, 5) is 20.5. The van der Waals surface area contributed by atoms with Crippen LogP contribution in [-0.4, -0.2) is 9.85 Å². The molecular formula is C14H12Br2N4O4. The van der Waals surface area contributed by atoms with E-state index in [0.29, 0.717) is 21.1 Å². The van der Waals surface area contributed by atoms with Gasteiger partial charge in [-0.05, 0) is 23.3 Å². The molecule has 0 amide bonds. The lowest BCUT2D eigenvalue weighted by atomic mass is 10.1. The van der Waals surface area contributed by atoms with Crippen molar-refractivity contribution in [2.24, 2.45) is 5.73 Å².